The second-order valence-electron chi connectivity index (χ2n) is 5.41. The summed E-state index contributed by atoms with van der Waals surface area (Å²) in [5, 5.41) is 10.9. The van der Waals surface area contributed by atoms with Gasteiger partial charge in [0.15, 0.2) is 0 Å². The van der Waals surface area contributed by atoms with E-state index in [0.29, 0.717) is 0 Å². The van der Waals surface area contributed by atoms with Crippen molar-refractivity contribution >= 4 is 0 Å². The van der Waals surface area contributed by atoms with Crippen molar-refractivity contribution in [2.45, 2.75) is 24.9 Å². The van der Waals surface area contributed by atoms with Crippen LogP contribution >= 0.6 is 0 Å². The molecule has 2 nitrogen and oxygen atoms in total. The van der Waals surface area contributed by atoms with Crippen molar-refractivity contribution in [2.75, 3.05) is 6.61 Å². The van der Waals surface area contributed by atoms with Gasteiger partial charge in [-0.2, -0.15) is 0 Å². The van der Waals surface area contributed by atoms with Gasteiger partial charge in [0.05, 0.1) is 19.0 Å². The SMILES string of the molecule is OC(C1=COCCC1)C(c1ccccc1)c1ccccc1. The van der Waals surface area contributed by atoms with Gasteiger partial charge in [0, 0.05) is 5.92 Å². The van der Waals surface area contributed by atoms with Gasteiger partial charge < -0.3 is 9.84 Å². The minimum absolute atomic E-state index is 0.0552. The van der Waals surface area contributed by atoms with Crippen LogP contribution < -0.4 is 0 Å². The molecule has 1 heterocycles. The Morgan fingerprint density at radius 1 is 0.857 bits per heavy atom. The van der Waals surface area contributed by atoms with Crippen LogP contribution in [0.25, 0.3) is 0 Å². The molecule has 1 atom stereocenters. The molecule has 2 aromatic rings. The summed E-state index contributed by atoms with van der Waals surface area (Å²) in [6.45, 7) is 0.748. The maximum atomic E-state index is 10.9. The Hall–Kier alpha value is -2.06. The monoisotopic (exact) mass is 280 g/mol. The molecular weight excluding hydrogens is 260 g/mol. The first-order valence-corrected chi connectivity index (χ1v) is 7.45. The predicted octanol–water partition coefficient (Wildman–Crippen LogP) is 3.87. The van der Waals surface area contributed by atoms with Gasteiger partial charge in [0.25, 0.3) is 0 Å². The van der Waals surface area contributed by atoms with E-state index in [9.17, 15) is 5.11 Å². The van der Waals surface area contributed by atoms with E-state index in [0.717, 1.165) is 36.1 Å². The molecule has 0 saturated carbocycles. The largest absolute Gasteiger partial charge is 0.501 e. The molecule has 108 valence electrons. The average Bonchev–Trinajstić information content (AvgIpc) is 2.58. The van der Waals surface area contributed by atoms with Gasteiger partial charge in [-0.3, -0.25) is 0 Å². The van der Waals surface area contributed by atoms with Crippen molar-refractivity contribution in [1.82, 2.24) is 0 Å². The molecular formula is C19H20O2. The van der Waals surface area contributed by atoms with E-state index in [1.54, 1.807) is 6.26 Å². The molecule has 0 spiro atoms. The first-order chi connectivity index (χ1) is 10.4. The quantitative estimate of drug-likeness (QED) is 0.921. The molecule has 0 amide bonds. The van der Waals surface area contributed by atoms with Crippen molar-refractivity contribution in [2.24, 2.45) is 0 Å². The van der Waals surface area contributed by atoms with E-state index in [1.165, 1.54) is 0 Å². The summed E-state index contributed by atoms with van der Waals surface area (Å²) >= 11 is 0. The summed E-state index contributed by atoms with van der Waals surface area (Å²) in [6, 6.07) is 20.4. The van der Waals surface area contributed by atoms with E-state index in [-0.39, 0.29) is 5.92 Å². The molecule has 0 aliphatic carbocycles. The maximum Gasteiger partial charge on any atom is 0.0891 e. The highest BCUT2D eigenvalue weighted by molar-refractivity contribution is 5.36. The van der Waals surface area contributed by atoms with E-state index in [1.807, 2.05) is 36.4 Å². The smallest absolute Gasteiger partial charge is 0.0891 e. The van der Waals surface area contributed by atoms with Crippen molar-refractivity contribution < 1.29 is 9.84 Å². The van der Waals surface area contributed by atoms with Crippen LogP contribution in [0.15, 0.2) is 72.5 Å². The van der Waals surface area contributed by atoms with Crippen molar-refractivity contribution in [3.63, 3.8) is 0 Å². The van der Waals surface area contributed by atoms with E-state index in [2.05, 4.69) is 24.3 Å². The number of hydrogen-bond acceptors (Lipinski definition) is 2. The molecule has 1 aliphatic rings. The molecule has 1 N–H and O–H groups in total. The van der Waals surface area contributed by atoms with Gasteiger partial charge in [0.1, 0.15) is 0 Å². The Bertz CT molecular complexity index is 550. The van der Waals surface area contributed by atoms with Crippen molar-refractivity contribution in [1.29, 1.82) is 0 Å². The third kappa shape index (κ3) is 3.17. The van der Waals surface area contributed by atoms with Crippen LogP contribution in [0.5, 0.6) is 0 Å². The third-order valence-electron chi connectivity index (χ3n) is 3.98. The zero-order valence-electron chi connectivity index (χ0n) is 12.0. The van der Waals surface area contributed by atoms with Crippen LogP contribution in [0.2, 0.25) is 0 Å². The molecule has 2 heteroatoms. The minimum Gasteiger partial charge on any atom is -0.501 e. The van der Waals surface area contributed by atoms with Gasteiger partial charge in [-0.25, -0.2) is 0 Å². The first kappa shape index (κ1) is 13.9. The summed E-state index contributed by atoms with van der Waals surface area (Å²) in [7, 11) is 0. The molecule has 0 bridgehead atoms. The average molecular weight is 280 g/mol. The number of aliphatic hydroxyl groups excluding tert-OH is 1. The molecule has 0 fully saturated rings. The van der Waals surface area contributed by atoms with Crippen molar-refractivity contribution in [3.8, 4) is 0 Å². The number of rotatable bonds is 4. The molecule has 3 rings (SSSR count). The number of ether oxygens (including phenoxy) is 1. The van der Waals surface area contributed by atoms with E-state index >= 15 is 0 Å². The Kier molecular flexibility index (Phi) is 4.37. The lowest BCUT2D eigenvalue weighted by molar-refractivity contribution is 0.157. The van der Waals surface area contributed by atoms with Crippen LogP contribution in [-0.4, -0.2) is 17.8 Å². The zero-order valence-corrected chi connectivity index (χ0v) is 12.0. The second kappa shape index (κ2) is 6.59. The van der Waals surface area contributed by atoms with Gasteiger partial charge in [-0.05, 0) is 29.5 Å². The standard InChI is InChI=1S/C19H20O2/c20-19(17-12-7-13-21-14-17)18(15-8-3-1-4-9-15)16-10-5-2-6-11-16/h1-6,8-11,14,18-20H,7,12-13H2. The van der Waals surface area contributed by atoms with E-state index in [4.69, 9.17) is 4.74 Å². The van der Waals surface area contributed by atoms with Crippen LogP contribution in [-0.2, 0) is 4.74 Å². The van der Waals surface area contributed by atoms with E-state index < -0.39 is 6.10 Å². The Morgan fingerprint density at radius 3 is 1.90 bits per heavy atom. The van der Waals surface area contributed by atoms with Crippen LogP contribution in [0.3, 0.4) is 0 Å². The van der Waals surface area contributed by atoms with Crippen LogP contribution in [0.4, 0.5) is 0 Å². The number of aliphatic hydroxyl groups is 1. The summed E-state index contributed by atoms with van der Waals surface area (Å²) < 4.78 is 5.40. The fourth-order valence-electron chi connectivity index (χ4n) is 2.89. The van der Waals surface area contributed by atoms with Gasteiger partial charge in [-0.15, -0.1) is 0 Å². The predicted molar refractivity (Wildman–Crippen MR) is 84.0 cm³/mol. The highest BCUT2D eigenvalue weighted by Crippen LogP contribution is 2.33. The van der Waals surface area contributed by atoms with Gasteiger partial charge >= 0.3 is 0 Å². The molecule has 21 heavy (non-hydrogen) atoms. The van der Waals surface area contributed by atoms with Gasteiger partial charge in [0.2, 0.25) is 0 Å². The lowest BCUT2D eigenvalue weighted by Crippen LogP contribution is -2.24. The summed E-state index contributed by atoms with van der Waals surface area (Å²) in [5.41, 5.74) is 3.24. The Balaban J connectivity index is 1.98. The highest BCUT2D eigenvalue weighted by Gasteiger charge is 2.27. The molecule has 0 saturated heterocycles. The number of benzene rings is 2. The lowest BCUT2D eigenvalue weighted by Gasteiger charge is -2.27. The topological polar surface area (TPSA) is 29.5 Å². The molecule has 0 radical (unpaired) electrons. The third-order valence-corrected chi connectivity index (χ3v) is 3.98. The summed E-state index contributed by atoms with van der Waals surface area (Å²) in [6.07, 6.45) is 3.07. The second-order valence-corrected chi connectivity index (χ2v) is 5.41. The zero-order chi connectivity index (χ0) is 14.5. The minimum atomic E-state index is -0.546. The lowest BCUT2D eigenvalue weighted by atomic mass is 9.82. The first-order valence-electron chi connectivity index (χ1n) is 7.45. The summed E-state index contributed by atoms with van der Waals surface area (Å²) in [5.74, 6) is -0.0552. The Morgan fingerprint density at radius 2 is 1.43 bits per heavy atom. The normalized spacial score (nSPS) is 16.2. The van der Waals surface area contributed by atoms with Crippen LogP contribution in [0, 0.1) is 0 Å². The molecule has 0 aromatic heterocycles. The van der Waals surface area contributed by atoms with Crippen molar-refractivity contribution in [3.05, 3.63) is 83.6 Å². The molecule has 1 unspecified atom stereocenters. The Labute approximate surface area is 125 Å². The maximum absolute atomic E-state index is 10.9. The van der Waals surface area contributed by atoms with Gasteiger partial charge in [-0.1, -0.05) is 60.7 Å². The molecule has 2 aromatic carbocycles. The number of hydrogen-bond donors (Lipinski definition) is 1. The van der Waals surface area contributed by atoms with Crippen LogP contribution in [0.1, 0.15) is 29.9 Å². The highest BCUT2D eigenvalue weighted by atomic mass is 16.5. The molecule has 1 aliphatic heterocycles. The fourth-order valence-corrected chi connectivity index (χ4v) is 2.89. The fraction of sp³-hybridized carbons (Fsp3) is 0.263. The summed E-state index contributed by atoms with van der Waals surface area (Å²) in [4.78, 5) is 0.